The summed E-state index contributed by atoms with van der Waals surface area (Å²) < 4.78 is 6.50. The van der Waals surface area contributed by atoms with Gasteiger partial charge in [0.15, 0.2) is 0 Å². The van der Waals surface area contributed by atoms with Gasteiger partial charge in [-0.15, -0.1) is 0 Å². The second-order valence-electron chi connectivity index (χ2n) is 5.71. The minimum absolute atomic E-state index is 0.0403. The van der Waals surface area contributed by atoms with Crippen LogP contribution in [0.15, 0.2) is 0 Å². The van der Waals surface area contributed by atoms with Gasteiger partial charge in [-0.2, -0.15) is 0 Å². The summed E-state index contributed by atoms with van der Waals surface area (Å²) in [4.78, 5) is 13.8. The van der Waals surface area contributed by atoms with Gasteiger partial charge < -0.3 is 20.7 Å². The lowest BCUT2D eigenvalue weighted by atomic mass is 9.80. The van der Waals surface area contributed by atoms with Crippen LogP contribution in [0.25, 0.3) is 0 Å². The molecule has 0 saturated carbocycles. The van der Waals surface area contributed by atoms with Crippen LogP contribution in [-0.2, 0) is 4.74 Å². The third-order valence-electron chi connectivity index (χ3n) is 4.56. The van der Waals surface area contributed by atoms with Crippen molar-refractivity contribution >= 4 is 17.9 Å². The van der Waals surface area contributed by atoms with E-state index in [4.69, 9.17) is 21.9 Å². The van der Waals surface area contributed by atoms with Crippen LogP contribution in [0.1, 0.15) is 12.8 Å². The minimum atomic E-state index is -2.00. The summed E-state index contributed by atoms with van der Waals surface area (Å²) in [7, 11) is 0. The molecule has 0 aromatic heterocycles. The lowest BCUT2D eigenvalue weighted by Gasteiger charge is -2.40. The Labute approximate surface area is 120 Å². The Morgan fingerprint density at radius 1 is 1.52 bits per heavy atom. The molecule has 116 valence electrons. The van der Waals surface area contributed by atoms with Gasteiger partial charge in [0.05, 0.1) is 18.9 Å². The fourth-order valence-corrected chi connectivity index (χ4v) is 3.73. The molecular formula is C11H20N6O4+2. The topological polar surface area (TPSA) is 174 Å². The lowest BCUT2D eigenvalue weighted by molar-refractivity contribution is -0.827. The number of amidine groups is 1. The van der Waals surface area contributed by atoms with Gasteiger partial charge in [-0.3, -0.25) is 16.8 Å². The number of ether oxygens (including phenoxy) is 1. The van der Waals surface area contributed by atoms with Crippen LogP contribution in [0.5, 0.6) is 0 Å². The maximum atomic E-state index is 10.8. The number of primary amides is 1. The predicted octanol–water partition coefficient (Wildman–Crippen LogP) is -5.38. The van der Waals surface area contributed by atoms with Crippen LogP contribution < -0.4 is 27.5 Å². The summed E-state index contributed by atoms with van der Waals surface area (Å²) in [6, 6.07) is -0.431. The first kappa shape index (κ1) is 13.9. The van der Waals surface area contributed by atoms with E-state index in [0.717, 1.165) is 0 Å². The number of nitrogens with two attached hydrogens (primary N) is 3. The van der Waals surface area contributed by atoms with Crippen LogP contribution in [0.2, 0.25) is 0 Å². The molecule has 1 spiro atoms. The van der Waals surface area contributed by atoms with Crippen molar-refractivity contribution < 1.29 is 29.3 Å². The molecule has 1 saturated heterocycles. The highest BCUT2D eigenvalue weighted by molar-refractivity contribution is 5.78. The van der Waals surface area contributed by atoms with Gasteiger partial charge in [0.1, 0.15) is 12.6 Å². The van der Waals surface area contributed by atoms with Crippen LogP contribution >= 0.6 is 0 Å². The molecule has 3 aliphatic rings. The Morgan fingerprint density at radius 3 is 2.90 bits per heavy atom. The third-order valence-corrected chi connectivity index (χ3v) is 4.56. The molecule has 0 aromatic carbocycles. The molecule has 10 nitrogen and oxygen atoms in total. The zero-order chi connectivity index (χ0) is 15.4. The fraction of sp³-hybridized carbons (Fsp3) is 0.727. The maximum absolute atomic E-state index is 10.8. The van der Waals surface area contributed by atoms with Crippen molar-refractivity contribution in [1.82, 2.24) is 5.32 Å². The van der Waals surface area contributed by atoms with E-state index in [2.05, 4.69) is 10.3 Å². The molecule has 10 N–H and O–H groups in total. The number of carbonyl (C=O) groups is 1. The Hall–Kier alpha value is -2.07. The second-order valence-corrected chi connectivity index (χ2v) is 5.71. The minimum Gasteiger partial charge on any atom is -0.446 e. The Bertz CT molecular complexity index is 559. The van der Waals surface area contributed by atoms with Gasteiger partial charge in [0.25, 0.3) is 5.66 Å². The molecule has 1 amide bonds. The van der Waals surface area contributed by atoms with E-state index in [1.807, 2.05) is 0 Å². The van der Waals surface area contributed by atoms with Crippen LogP contribution in [0, 0.1) is 5.92 Å². The smallest absolute Gasteiger partial charge is 0.404 e. The van der Waals surface area contributed by atoms with Crippen molar-refractivity contribution in [2.24, 2.45) is 23.1 Å². The van der Waals surface area contributed by atoms with Crippen molar-refractivity contribution in [2.45, 2.75) is 30.3 Å². The van der Waals surface area contributed by atoms with Crippen molar-refractivity contribution in [3.05, 3.63) is 0 Å². The number of nitrogens with one attached hydrogen (secondary N) is 2. The SMILES string of the molecule is NC(=O)OC[C@@H]1NC(N)=[N+]2CCC(O)(O)C23[NH+]=C(N)CC13. The van der Waals surface area contributed by atoms with Gasteiger partial charge in [0.2, 0.25) is 11.6 Å². The first-order valence-corrected chi connectivity index (χ1v) is 6.71. The Morgan fingerprint density at radius 2 is 2.24 bits per heavy atom. The van der Waals surface area contributed by atoms with E-state index in [-0.39, 0.29) is 24.9 Å². The number of carbonyl (C=O) groups excluding carboxylic acids is 1. The van der Waals surface area contributed by atoms with E-state index in [1.54, 1.807) is 4.58 Å². The molecule has 3 aliphatic heterocycles. The largest absolute Gasteiger partial charge is 0.446 e. The molecule has 2 unspecified atom stereocenters. The van der Waals surface area contributed by atoms with Gasteiger partial charge in [-0.25, -0.2) is 14.4 Å². The monoisotopic (exact) mass is 300 g/mol. The van der Waals surface area contributed by atoms with Crippen molar-refractivity contribution in [3.8, 4) is 0 Å². The van der Waals surface area contributed by atoms with Gasteiger partial charge in [0, 0.05) is 6.42 Å². The fourth-order valence-electron chi connectivity index (χ4n) is 3.73. The first-order valence-electron chi connectivity index (χ1n) is 6.71. The standard InChI is InChI=1S/C11H18N6O4/c12-7-3-5-6(4-21-9(14)18)15-8(13)17-2-1-10(19,20)11(5,17)16-7/h5-6,19-20H,1-4H2,(H6,12,13,14,15,16,18)/p+2/t5?,6-,11?/m0/s1. The molecule has 3 heterocycles. The van der Waals surface area contributed by atoms with Crippen molar-refractivity contribution in [3.63, 3.8) is 0 Å². The summed E-state index contributed by atoms with van der Waals surface area (Å²) in [6.45, 7) is 0.327. The average molecular weight is 300 g/mol. The summed E-state index contributed by atoms with van der Waals surface area (Å²) in [5.41, 5.74) is 15.6. The number of hydrogen-bond acceptors (Lipinski definition) is 7. The zero-order valence-corrected chi connectivity index (χ0v) is 11.4. The van der Waals surface area contributed by atoms with E-state index in [9.17, 15) is 15.0 Å². The summed E-state index contributed by atoms with van der Waals surface area (Å²) >= 11 is 0. The maximum Gasteiger partial charge on any atom is 0.404 e. The molecule has 0 radical (unpaired) electrons. The molecule has 1 fully saturated rings. The number of amides is 1. The first-order chi connectivity index (χ1) is 9.78. The second kappa shape index (κ2) is 4.21. The highest BCUT2D eigenvalue weighted by Crippen LogP contribution is 2.40. The molecule has 21 heavy (non-hydrogen) atoms. The number of aliphatic hydroxyl groups is 2. The van der Waals surface area contributed by atoms with E-state index in [1.165, 1.54) is 0 Å². The number of rotatable bonds is 2. The zero-order valence-electron chi connectivity index (χ0n) is 11.4. The molecular weight excluding hydrogens is 280 g/mol. The van der Waals surface area contributed by atoms with Crippen LogP contribution in [-0.4, -0.2) is 63.3 Å². The number of nitrogens with zero attached hydrogens (tertiary/aromatic N) is 1. The van der Waals surface area contributed by atoms with Gasteiger partial charge in [-0.05, 0) is 0 Å². The molecule has 0 aromatic rings. The summed E-state index contributed by atoms with van der Waals surface area (Å²) in [5, 5.41) is 23.9. The number of guanidine groups is 1. The van der Waals surface area contributed by atoms with E-state index in [0.29, 0.717) is 18.8 Å². The average Bonchev–Trinajstić information content (AvgIpc) is 2.85. The Balaban J connectivity index is 2.03. The molecule has 3 atom stereocenters. The van der Waals surface area contributed by atoms with E-state index >= 15 is 0 Å². The third kappa shape index (κ3) is 1.75. The Kier molecular flexibility index (Phi) is 2.79. The molecule has 0 bridgehead atoms. The molecule has 0 aliphatic carbocycles. The highest BCUT2D eigenvalue weighted by Gasteiger charge is 2.73. The predicted molar refractivity (Wildman–Crippen MR) is 69.6 cm³/mol. The van der Waals surface area contributed by atoms with Crippen molar-refractivity contribution in [1.29, 1.82) is 0 Å². The highest BCUT2D eigenvalue weighted by atomic mass is 16.5. The summed E-state index contributed by atoms with van der Waals surface area (Å²) in [5.74, 6) is -1.64. The van der Waals surface area contributed by atoms with Crippen LogP contribution in [0.4, 0.5) is 4.79 Å². The lowest BCUT2D eigenvalue weighted by Crippen LogP contribution is -2.97. The quantitative estimate of drug-likeness (QED) is 0.197. The normalized spacial score (nSPS) is 36.6. The summed E-state index contributed by atoms with van der Waals surface area (Å²) in [6.07, 6.45) is -0.387. The van der Waals surface area contributed by atoms with Gasteiger partial charge >= 0.3 is 12.1 Å². The van der Waals surface area contributed by atoms with E-state index < -0.39 is 23.6 Å². The van der Waals surface area contributed by atoms with Gasteiger partial charge in [-0.1, -0.05) is 0 Å². The molecule has 10 heteroatoms. The number of hydrogen-bond donors (Lipinski definition) is 7. The van der Waals surface area contributed by atoms with Crippen molar-refractivity contribution in [2.75, 3.05) is 13.2 Å². The molecule has 3 rings (SSSR count). The van der Waals surface area contributed by atoms with Crippen LogP contribution in [0.3, 0.4) is 0 Å².